The first-order valence-corrected chi connectivity index (χ1v) is 0.952. The van der Waals surface area contributed by atoms with E-state index < -0.39 is 5.97 Å². The molecule has 1 radical (unpaired) electrons. The number of aldehydes is 1. The van der Waals surface area contributed by atoms with E-state index in [1.54, 1.807) is 0 Å². The molecular weight excluding hydrogens is 165 g/mol. The molecular formula is C2H2NbO3. The second-order valence-corrected chi connectivity index (χ2v) is 0.456. The van der Waals surface area contributed by atoms with Crippen molar-refractivity contribution in [3.05, 3.63) is 0 Å². The third-order valence-electron chi connectivity index (χ3n) is 0.101. The summed E-state index contributed by atoms with van der Waals surface area (Å²) in [5.74, 6) is -1.43. The van der Waals surface area contributed by atoms with Crippen LogP contribution >= 0.6 is 0 Å². The molecule has 0 aliphatic heterocycles. The van der Waals surface area contributed by atoms with E-state index in [1.807, 2.05) is 0 Å². The molecule has 0 saturated heterocycles. The molecule has 0 bridgehead atoms. The van der Waals surface area contributed by atoms with E-state index in [4.69, 9.17) is 14.7 Å². The van der Waals surface area contributed by atoms with E-state index in [1.165, 1.54) is 0 Å². The van der Waals surface area contributed by atoms with Gasteiger partial charge in [-0.25, -0.2) is 4.79 Å². The first-order chi connectivity index (χ1) is 2.27. The van der Waals surface area contributed by atoms with Crippen molar-refractivity contribution in [1.29, 1.82) is 0 Å². The van der Waals surface area contributed by atoms with Gasteiger partial charge in [0.05, 0.1) is 0 Å². The van der Waals surface area contributed by atoms with Crippen molar-refractivity contribution < 1.29 is 37.1 Å². The van der Waals surface area contributed by atoms with Crippen molar-refractivity contribution in [2.24, 2.45) is 0 Å². The summed E-state index contributed by atoms with van der Waals surface area (Å²) >= 11 is 0. The maximum Gasteiger partial charge on any atom is 0.368 e. The minimum Gasteiger partial charge on any atom is -0.476 e. The van der Waals surface area contributed by atoms with E-state index >= 15 is 0 Å². The van der Waals surface area contributed by atoms with Gasteiger partial charge in [0, 0.05) is 22.4 Å². The van der Waals surface area contributed by atoms with Crippen LogP contribution in [0.4, 0.5) is 0 Å². The quantitative estimate of drug-likeness (QED) is 0.318. The number of carboxylic acid groups (broad SMARTS) is 1. The summed E-state index contributed by atoms with van der Waals surface area (Å²) in [4.78, 5) is 17.9. The van der Waals surface area contributed by atoms with Crippen LogP contribution in [0.1, 0.15) is 0 Å². The summed E-state index contributed by atoms with van der Waals surface area (Å²) in [6, 6.07) is 0. The number of carboxylic acids is 1. The van der Waals surface area contributed by atoms with Crippen molar-refractivity contribution >= 4 is 12.3 Å². The Morgan fingerprint density at radius 1 is 1.67 bits per heavy atom. The van der Waals surface area contributed by atoms with Gasteiger partial charge in [-0.2, -0.15) is 0 Å². The minimum atomic E-state index is -1.43. The average molecular weight is 167 g/mol. The van der Waals surface area contributed by atoms with Gasteiger partial charge in [-0.15, -0.1) is 0 Å². The number of rotatable bonds is 1. The molecule has 0 amide bonds. The molecule has 4 heteroatoms. The Morgan fingerprint density at radius 2 is 1.83 bits per heavy atom. The summed E-state index contributed by atoms with van der Waals surface area (Å²) in [6.45, 7) is 0. The summed E-state index contributed by atoms with van der Waals surface area (Å²) in [6.07, 6.45) is -0.167. The predicted molar refractivity (Wildman–Crippen MR) is 13.7 cm³/mol. The fourth-order valence-electron chi connectivity index (χ4n) is 0. The molecule has 3 nitrogen and oxygen atoms in total. The van der Waals surface area contributed by atoms with Crippen LogP contribution in [0.25, 0.3) is 0 Å². The Kier molecular flexibility index (Phi) is 7.57. The van der Waals surface area contributed by atoms with Gasteiger partial charge in [0.15, 0.2) is 0 Å². The first-order valence-electron chi connectivity index (χ1n) is 0.952. The zero-order chi connectivity index (χ0) is 4.28. The Morgan fingerprint density at radius 3 is 1.83 bits per heavy atom. The third-order valence-corrected chi connectivity index (χ3v) is 0.101. The fraction of sp³-hybridized carbons (Fsp3) is 0. The molecule has 0 rings (SSSR count). The molecule has 0 unspecified atom stereocenters. The van der Waals surface area contributed by atoms with E-state index in [9.17, 15) is 0 Å². The second kappa shape index (κ2) is 4.88. The summed E-state index contributed by atoms with van der Waals surface area (Å²) in [7, 11) is 0. The molecule has 0 heterocycles. The van der Waals surface area contributed by atoms with Gasteiger partial charge in [0.2, 0.25) is 6.29 Å². The fourth-order valence-corrected chi connectivity index (χ4v) is 0. The van der Waals surface area contributed by atoms with Crippen LogP contribution in [0.15, 0.2) is 0 Å². The van der Waals surface area contributed by atoms with Gasteiger partial charge in [-0.05, 0) is 0 Å². The number of aliphatic carboxylic acids is 1. The normalized spacial score (nSPS) is 5.33. The van der Waals surface area contributed by atoms with E-state index in [2.05, 4.69) is 0 Å². The summed E-state index contributed by atoms with van der Waals surface area (Å²) < 4.78 is 0. The van der Waals surface area contributed by atoms with Crippen molar-refractivity contribution in [3.8, 4) is 0 Å². The molecule has 0 fully saturated rings. The third kappa shape index (κ3) is 9.11. The molecule has 0 atom stereocenters. The first kappa shape index (κ1) is 9.30. The van der Waals surface area contributed by atoms with Crippen LogP contribution in [0.2, 0.25) is 0 Å². The molecule has 0 aliphatic rings. The maximum atomic E-state index is 9.00. The van der Waals surface area contributed by atoms with Crippen molar-refractivity contribution in [1.82, 2.24) is 0 Å². The van der Waals surface area contributed by atoms with Crippen LogP contribution in [0.5, 0.6) is 0 Å². The molecule has 0 spiro atoms. The van der Waals surface area contributed by atoms with Gasteiger partial charge >= 0.3 is 5.97 Å². The summed E-state index contributed by atoms with van der Waals surface area (Å²) in [5, 5.41) is 7.35. The smallest absolute Gasteiger partial charge is 0.368 e. The predicted octanol–water partition coefficient (Wildman–Crippen LogP) is -0.733. The van der Waals surface area contributed by atoms with Gasteiger partial charge in [-0.1, -0.05) is 0 Å². The Hall–Kier alpha value is -0.120. The molecule has 6 heavy (non-hydrogen) atoms. The van der Waals surface area contributed by atoms with E-state index in [0.717, 1.165) is 0 Å². The molecule has 0 saturated carbocycles. The topological polar surface area (TPSA) is 54.4 Å². The largest absolute Gasteiger partial charge is 0.476 e. The van der Waals surface area contributed by atoms with E-state index in [-0.39, 0.29) is 28.7 Å². The Labute approximate surface area is 49.9 Å². The molecule has 0 aromatic rings. The average Bonchev–Trinajstić information content (AvgIpc) is 1.38. The monoisotopic (exact) mass is 167 g/mol. The van der Waals surface area contributed by atoms with Gasteiger partial charge < -0.3 is 5.11 Å². The zero-order valence-electron chi connectivity index (χ0n) is 2.79. The van der Waals surface area contributed by atoms with Crippen molar-refractivity contribution in [2.75, 3.05) is 0 Å². The summed E-state index contributed by atoms with van der Waals surface area (Å²) in [5.41, 5.74) is 0. The zero-order valence-corrected chi connectivity index (χ0v) is 4.99. The molecule has 33 valence electrons. The van der Waals surface area contributed by atoms with Crippen LogP contribution in [0, 0.1) is 0 Å². The minimum absolute atomic E-state index is 0. The number of carbonyl (C=O) groups is 2. The van der Waals surface area contributed by atoms with Crippen LogP contribution in [-0.2, 0) is 32.0 Å². The molecule has 1 N–H and O–H groups in total. The van der Waals surface area contributed by atoms with Crippen LogP contribution < -0.4 is 0 Å². The molecule has 0 aliphatic carbocycles. The standard InChI is InChI=1S/C2H2O3.Nb/c3-1-2(4)5;/h1H,(H,4,5);. The Balaban J connectivity index is 0. The number of hydrogen-bond acceptors (Lipinski definition) is 2. The van der Waals surface area contributed by atoms with Crippen LogP contribution in [-0.4, -0.2) is 17.4 Å². The van der Waals surface area contributed by atoms with Gasteiger partial charge in [0.25, 0.3) is 0 Å². The van der Waals surface area contributed by atoms with E-state index in [0.29, 0.717) is 0 Å². The molecule has 0 aromatic carbocycles. The molecule has 0 aromatic heterocycles. The van der Waals surface area contributed by atoms with Crippen molar-refractivity contribution in [3.63, 3.8) is 0 Å². The van der Waals surface area contributed by atoms with Gasteiger partial charge in [0.1, 0.15) is 0 Å². The maximum absolute atomic E-state index is 9.00. The number of hydrogen-bond donors (Lipinski definition) is 1. The Bertz CT molecular complexity index is 59.8. The second-order valence-electron chi connectivity index (χ2n) is 0.456. The van der Waals surface area contributed by atoms with Gasteiger partial charge in [-0.3, -0.25) is 4.79 Å². The van der Waals surface area contributed by atoms with Crippen LogP contribution in [0.3, 0.4) is 0 Å². The van der Waals surface area contributed by atoms with Crippen molar-refractivity contribution in [2.45, 2.75) is 0 Å². The number of carbonyl (C=O) groups excluding carboxylic acids is 1. The SMILES string of the molecule is O=CC(=O)O.[Nb].